The second kappa shape index (κ2) is 8.06. The molecule has 0 aliphatic rings. The third-order valence-electron chi connectivity index (χ3n) is 5.00. The molecule has 10 heteroatoms. The van der Waals surface area contributed by atoms with Crippen LogP contribution in [0.25, 0.3) is 28.1 Å². The maximum Gasteiger partial charge on any atom is 0.266 e. The average molecular weight is 462 g/mol. The molecule has 0 saturated heterocycles. The number of aryl methyl sites for hydroxylation is 1. The third kappa shape index (κ3) is 3.92. The molecule has 3 aromatic heterocycles. The number of nitrogens with one attached hydrogen (secondary N) is 1. The second-order valence-corrected chi connectivity index (χ2v) is 8.40. The van der Waals surface area contributed by atoms with Gasteiger partial charge in [-0.2, -0.15) is 5.10 Å². The number of nitrogens with two attached hydrogens (primary N) is 1. The number of anilines is 2. The summed E-state index contributed by atoms with van der Waals surface area (Å²) in [5, 5.41) is 8.17. The lowest BCUT2D eigenvalue weighted by atomic mass is 10.1. The Hall–Kier alpha value is -4.18. The molecule has 164 valence electrons. The Morgan fingerprint density at radius 2 is 1.85 bits per heavy atom. The predicted octanol–water partition coefficient (Wildman–Crippen LogP) is 4.97. The highest BCUT2D eigenvalue weighted by molar-refractivity contribution is 7.17. The minimum absolute atomic E-state index is 0.238. The zero-order chi connectivity index (χ0) is 23.1. The van der Waals surface area contributed by atoms with Crippen molar-refractivity contribution in [3.8, 4) is 17.1 Å². The highest BCUT2D eigenvalue weighted by Crippen LogP contribution is 2.28. The zero-order valence-corrected chi connectivity index (χ0v) is 18.0. The topological polar surface area (TPSA) is 98.7 Å². The molecule has 33 heavy (non-hydrogen) atoms. The van der Waals surface area contributed by atoms with Crippen LogP contribution in [0, 0.1) is 18.6 Å². The second-order valence-electron chi connectivity index (χ2n) is 7.29. The van der Waals surface area contributed by atoms with E-state index in [1.54, 1.807) is 43.3 Å². The summed E-state index contributed by atoms with van der Waals surface area (Å²) >= 11 is 1.15. The maximum absolute atomic E-state index is 13.8. The molecular formula is C23H16F2N6OS. The normalized spacial score (nSPS) is 11.1. The quantitative estimate of drug-likeness (QED) is 0.393. The van der Waals surface area contributed by atoms with Crippen molar-refractivity contribution in [2.45, 2.75) is 6.92 Å². The first-order chi connectivity index (χ1) is 15.9. The molecule has 0 aliphatic heterocycles. The number of carbonyl (C=O) groups is 1. The number of nitrogen functional groups attached to an aromatic ring is 1. The predicted molar refractivity (Wildman–Crippen MR) is 123 cm³/mol. The first kappa shape index (κ1) is 20.7. The molecule has 2 aromatic carbocycles. The molecule has 0 aliphatic carbocycles. The molecule has 1 amide bonds. The van der Waals surface area contributed by atoms with Gasteiger partial charge in [0, 0.05) is 5.56 Å². The van der Waals surface area contributed by atoms with Gasteiger partial charge in [0.25, 0.3) is 5.91 Å². The Kier molecular flexibility index (Phi) is 5.06. The number of halogens is 2. The smallest absolute Gasteiger partial charge is 0.266 e. The maximum atomic E-state index is 13.8. The number of hydrogen-bond acceptors (Lipinski definition) is 6. The fourth-order valence-electron chi connectivity index (χ4n) is 3.33. The van der Waals surface area contributed by atoms with Crippen LogP contribution in [0.2, 0.25) is 0 Å². The van der Waals surface area contributed by atoms with Gasteiger partial charge in [0.2, 0.25) is 0 Å². The van der Waals surface area contributed by atoms with Crippen LogP contribution >= 0.6 is 11.3 Å². The minimum Gasteiger partial charge on any atom is -0.391 e. The molecule has 5 rings (SSSR count). The van der Waals surface area contributed by atoms with E-state index in [1.807, 2.05) is 0 Å². The number of aromatic nitrogens is 4. The van der Waals surface area contributed by atoms with Crippen molar-refractivity contribution in [1.82, 2.24) is 19.7 Å². The largest absolute Gasteiger partial charge is 0.391 e. The van der Waals surface area contributed by atoms with Crippen LogP contribution in [0.4, 0.5) is 19.6 Å². The van der Waals surface area contributed by atoms with Crippen molar-refractivity contribution < 1.29 is 13.6 Å². The molecular weight excluding hydrogens is 446 g/mol. The molecule has 0 fully saturated rings. The van der Waals surface area contributed by atoms with E-state index in [0.29, 0.717) is 37.7 Å². The molecule has 0 atom stereocenters. The van der Waals surface area contributed by atoms with Crippen LogP contribution in [0.3, 0.4) is 0 Å². The van der Waals surface area contributed by atoms with E-state index in [-0.39, 0.29) is 29.2 Å². The number of amides is 1. The van der Waals surface area contributed by atoms with Crippen molar-refractivity contribution in [1.29, 1.82) is 0 Å². The first-order valence-corrected chi connectivity index (χ1v) is 10.7. The van der Waals surface area contributed by atoms with Gasteiger partial charge in [-0.05, 0) is 67.1 Å². The number of thiophene rings is 1. The molecule has 0 bridgehead atoms. The number of benzene rings is 2. The van der Waals surface area contributed by atoms with Crippen LogP contribution < -0.4 is 11.1 Å². The summed E-state index contributed by atoms with van der Waals surface area (Å²) in [6.07, 6.45) is 1.52. The van der Waals surface area contributed by atoms with Gasteiger partial charge in [-0.15, -0.1) is 11.3 Å². The molecule has 3 N–H and O–H groups in total. The van der Waals surface area contributed by atoms with Gasteiger partial charge in [-0.25, -0.2) is 23.4 Å². The van der Waals surface area contributed by atoms with Crippen molar-refractivity contribution in [3.05, 3.63) is 82.9 Å². The summed E-state index contributed by atoms with van der Waals surface area (Å²) in [4.78, 5) is 22.4. The van der Waals surface area contributed by atoms with Crippen molar-refractivity contribution >= 4 is 39.1 Å². The SMILES string of the molecule is Cc1cc(-c2nc(NC(=O)c3ccc(N)s3)c3cnn(-c4ccc(F)cc4)c3n2)ccc1F. The van der Waals surface area contributed by atoms with Crippen LogP contribution in [-0.4, -0.2) is 25.7 Å². The molecule has 0 spiro atoms. The minimum atomic E-state index is -0.382. The van der Waals surface area contributed by atoms with Crippen molar-refractivity contribution in [3.63, 3.8) is 0 Å². The Morgan fingerprint density at radius 1 is 1.06 bits per heavy atom. The number of rotatable bonds is 4. The number of carbonyl (C=O) groups excluding carboxylic acids is 1. The number of nitrogens with zero attached hydrogens (tertiary/aromatic N) is 4. The number of fused-ring (bicyclic) bond motifs is 1. The van der Waals surface area contributed by atoms with Gasteiger partial charge in [-0.3, -0.25) is 4.79 Å². The zero-order valence-electron chi connectivity index (χ0n) is 17.2. The van der Waals surface area contributed by atoms with Crippen molar-refractivity contribution in [2.75, 3.05) is 11.1 Å². The first-order valence-electron chi connectivity index (χ1n) is 9.84. The summed E-state index contributed by atoms with van der Waals surface area (Å²) in [5.74, 6) is -0.597. The summed E-state index contributed by atoms with van der Waals surface area (Å²) in [7, 11) is 0. The average Bonchev–Trinajstić information content (AvgIpc) is 3.43. The Labute approximate surface area is 190 Å². The summed E-state index contributed by atoms with van der Waals surface area (Å²) in [5.41, 5.74) is 7.72. The summed E-state index contributed by atoms with van der Waals surface area (Å²) in [6.45, 7) is 1.64. The van der Waals surface area contributed by atoms with E-state index >= 15 is 0 Å². The third-order valence-corrected chi connectivity index (χ3v) is 5.91. The van der Waals surface area contributed by atoms with E-state index in [2.05, 4.69) is 20.4 Å². The van der Waals surface area contributed by atoms with E-state index < -0.39 is 0 Å². The molecule has 0 radical (unpaired) electrons. The fourth-order valence-corrected chi connectivity index (χ4v) is 4.00. The molecule has 5 aromatic rings. The Morgan fingerprint density at radius 3 is 2.55 bits per heavy atom. The Balaban J connectivity index is 1.67. The van der Waals surface area contributed by atoms with Gasteiger partial charge in [-0.1, -0.05) is 0 Å². The monoisotopic (exact) mass is 462 g/mol. The summed E-state index contributed by atoms with van der Waals surface area (Å²) in [6, 6.07) is 13.6. The summed E-state index contributed by atoms with van der Waals surface area (Å²) < 4.78 is 28.8. The van der Waals surface area contributed by atoms with E-state index in [9.17, 15) is 13.6 Å². The molecule has 0 unspecified atom stereocenters. The van der Waals surface area contributed by atoms with Crippen LogP contribution in [0.1, 0.15) is 15.2 Å². The Bertz CT molecular complexity index is 1510. The van der Waals surface area contributed by atoms with Crippen LogP contribution in [0.5, 0.6) is 0 Å². The van der Waals surface area contributed by atoms with Crippen LogP contribution in [0.15, 0.2) is 60.8 Å². The molecule has 3 heterocycles. The lowest BCUT2D eigenvalue weighted by Crippen LogP contribution is -2.12. The van der Waals surface area contributed by atoms with Gasteiger partial charge in [0.1, 0.15) is 17.5 Å². The molecule has 0 saturated carbocycles. The van der Waals surface area contributed by atoms with E-state index in [1.165, 1.54) is 29.1 Å². The molecule has 7 nitrogen and oxygen atoms in total. The standard InChI is InChI=1S/C23H16F2N6OS/c1-12-10-13(2-7-17(12)25)20-28-21(30-23(32)18-8-9-19(26)33-18)16-11-27-31(22(16)29-20)15-5-3-14(24)4-6-15/h2-11H,26H2,1H3,(H,28,29,30,32). The highest BCUT2D eigenvalue weighted by atomic mass is 32.1. The number of hydrogen-bond donors (Lipinski definition) is 2. The van der Waals surface area contributed by atoms with Gasteiger partial charge < -0.3 is 11.1 Å². The van der Waals surface area contributed by atoms with Crippen LogP contribution in [-0.2, 0) is 0 Å². The van der Waals surface area contributed by atoms with Gasteiger partial charge >= 0.3 is 0 Å². The van der Waals surface area contributed by atoms with Gasteiger partial charge in [0.05, 0.1) is 27.1 Å². The fraction of sp³-hybridized carbons (Fsp3) is 0.0435. The van der Waals surface area contributed by atoms with Gasteiger partial charge in [0.15, 0.2) is 11.5 Å². The lowest BCUT2D eigenvalue weighted by molar-refractivity contribution is 0.103. The van der Waals surface area contributed by atoms with Crippen molar-refractivity contribution in [2.24, 2.45) is 0 Å². The lowest BCUT2D eigenvalue weighted by Gasteiger charge is -2.10. The van der Waals surface area contributed by atoms with E-state index in [0.717, 1.165) is 11.3 Å². The highest BCUT2D eigenvalue weighted by Gasteiger charge is 2.18. The van der Waals surface area contributed by atoms with E-state index in [4.69, 9.17) is 5.73 Å².